The highest BCUT2D eigenvalue weighted by Crippen LogP contribution is 2.40. The molecular formula is C40H73NO16. The Labute approximate surface area is 337 Å². The molecule has 17 heteroatoms. The molecule has 3 fully saturated rings. The topological polar surface area (TPSA) is 251 Å². The van der Waals surface area contributed by atoms with E-state index in [9.17, 15) is 39.9 Å². The fourth-order valence-electron chi connectivity index (χ4n) is 8.41. The maximum atomic E-state index is 14.1. The number of carbonyl (C=O) groups is 3. The molecule has 17 nitrogen and oxygen atoms in total. The number of esters is 1. The molecule has 1 unspecified atom stereocenters. The summed E-state index contributed by atoms with van der Waals surface area (Å²) in [4.78, 5) is 39.2. The number of ether oxygens (including phenoxy) is 6. The molecule has 3 rings (SSSR count). The molecule has 0 radical (unpaired) electrons. The predicted octanol–water partition coefficient (Wildman–Crippen LogP) is 1.24. The zero-order valence-electron chi connectivity index (χ0n) is 36.3. The number of carboxylic acid groups (broad SMARTS) is 1. The predicted molar refractivity (Wildman–Crippen MR) is 206 cm³/mol. The van der Waals surface area contributed by atoms with E-state index in [0.717, 1.165) is 0 Å². The standard InChI is InChI=1S/C37H67NO13.C3H6O3/c1-14-25-37(10,45)30(41)20(4)27(39)18(2)16-35(8,44)32(51-34-28(40)24(38(11)12)15-19(3)47-34)21(5)29(22(6)33(43)49-25)50-26-17-36(9,46-13)31(42)23(7)48-26;1-2(4)3(5)6/h18-26,28-32,34,40-42,44-45H,14-17H2,1-13H3;2,4H,1H3,(H,5,6)/t18-,19-,20+,21-,22-,23+,24+,25-,26+,28-,29+,30+,31+,32-,34+,35-,36-,37-;/m1./s1. The van der Waals surface area contributed by atoms with E-state index in [1.807, 2.05) is 25.9 Å². The van der Waals surface area contributed by atoms with Gasteiger partial charge in [0.2, 0.25) is 0 Å². The molecule has 19 atom stereocenters. The summed E-state index contributed by atoms with van der Waals surface area (Å²) in [6, 6.07) is -0.324. The van der Waals surface area contributed by atoms with Gasteiger partial charge in [-0.05, 0) is 81.8 Å². The summed E-state index contributed by atoms with van der Waals surface area (Å²) in [6.45, 7) is 17.5. The van der Waals surface area contributed by atoms with Crippen molar-refractivity contribution < 1.29 is 78.6 Å². The molecule has 3 aliphatic rings. The van der Waals surface area contributed by atoms with E-state index in [0.29, 0.717) is 6.42 Å². The Hall–Kier alpha value is -1.87. The van der Waals surface area contributed by atoms with Crippen LogP contribution in [0.25, 0.3) is 0 Å². The third-order valence-electron chi connectivity index (χ3n) is 12.2. The SMILES string of the molecule is CC(O)C(=O)O.CC[C@H]1OC(=O)[C@H](C)[C@@H](O[C@H]2C[C@@](C)(OC)[C@@H](O)[C@H](C)O2)[C@@H](C)[C@@H](O[C@@H]2O[C@H](C)C[C@H](N(C)C)[C@H]2O)[C@](C)(O)C[C@@H](C)C(=O)[C@H](C)[C@H](O)[C@]1(C)O. The van der Waals surface area contributed by atoms with Gasteiger partial charge >= 0.3 is 11.9 Å². The molecule has 7 N–H and O–H groups in total. The van der Waals surface area contributed by atoms with E-state index in [-0.39, 0.29) is 31.4 Å². The van der Waals surface area contributed by atoms with Crippen molar-refractivity contribution in [2.45, 2.75) is 192 Å². The highest BCUT2D eigenvalue weighted by atomic mass is 16.7. The fraction of sp³-hybridized carbons (Fsp3) is 0.925. The number of methoxy groups -OCH3 is 1. The van der Waals surface area contributed by atoms with Crippen molar-refractivity contribution >= 4 is 17.7 Å². The minimum absolute atomic E-state index is 0.0936. The minimum atomic E-state index is -1.99. The van der Waals surface area contributed by atoms with Crippen molar-refractivity contribution in [2.75, 3.05) is 21.2 Å². The number of aliphatic carboxylic acids is 1. The van der Waals surface area contributed by atoms with Crippen LogP contribution in [0.1, 0.15) is 102 Å². The number of hydrogen-bond donors (Lipinski definition) is 7. The molecule has 0 aliphatic carbocycles. The lowest BCUT2D eigenvalue weighted by molar-refractivity contribution is -0.318. The normalized spacial score (nSPS) is 45.9. The zero-order valence-corrected chi connectivity index (χ0v) is 36.3. The van der Waals surface area contributed by atoms with E-state index < -0.39 is 120 Å². The van der Waals surface area contributed by atoms with Crippen LogP contribution in [0.4, 0.5) is 0 Å². The molecule has 57 heavy (non-hydrogen) atoms. The average Bonchev–Trinajstić information content (AvgIpc) is 3.12. The molecular weight excluding hydrogens is 750 g/mol. The number of nitrogens with zero attached hydrogens (tertiary/aromatic N) is 1. The Kier molecular flexibility index (Phi) is 18.5. The lowest BCUT2D eigenvalue weighted by Crippen LogP contribution is -2.61. The van der Waals surface area contributed by atoms with Crippen LogP contribution in [0.5, 0.6) is 0 Å². The van der Waals surface area contributed by atoms with Crippen LogP contribution < -0.4 is 0 Å². The molecule has 0 aromatic heterocycles. The van der Waals surface area contributed by atoms with Gasteiger partial charge in [-0.3, -0.25) is 9.59 Å². The lowest BCUT2D eigenvalue weighted by Gasteiger charge is -2.49. The number of cyclic esters (lactones) is 1. The second-order valence-corrected chi connectivity index (χ2v) is 17.5. The van der Waals surface area contributed by atoms with Crippen LogP contribution in [0.15, 0.2) is 0 Å². The monoisotopic (exact) mass is 823 g/mol. The largest absolute Gasteiger partial charge is 0.479 e. The fourth-order valence-corrected chi connectivity index (χ4v) is 8.41. The van der Waals surface area contributed by atoms with Crippen LogP contribution >= 0.6 is 0 Å². The number of carbonyl (C=O) groups excluding carboxylic acids is 2. The number of aliphatic hydroxyl groups is 6. The summed E-state index contributed by atoms with van der Waals surface area (Å²) in [5.74, 6) is -6.16. The molecule has 0 bridgehead atoms. The van der Waals surface area contributed by atoms with E-state index >= 15 is 0 Å². The quantitative estimate of drug-likeness (QED) is 0.170. The number of ketones is 1. The van der Waals surface area contributed by atoms with Gasteiger partial charge in [0.1, 0.15) is 35.8 Å². The summed E-state index contributed by atoms with van der Waals surface area (Å²) < 4.78 is 37.1. The lowest BCUT2D eigenvalue weighted by atomic mass is 9.74. The molecule has 0 aromatic rings. The number of rotatable bonds is 8. The Morgan fingerprint density at radius 2 is 1.49 bits per heavy atom. The number of Topliss-reactive ketones (excluding diaryl/α,β-unsaturated/α-hetero) is 1. The van der Waals surface area contributed by atoms with E-state index in [1.165, 1.54) is 34.8 Å². The number of carboxylic acids is 1. The molecule has 3 saturated heterocycles. The molecule has 334 valence electrons. The van der Waals surface area contributed by atoms with Gasteiger partial charge in [-0.1, -0.05) is 27.7 Å². The second-order valence-electron chi connectivity index (χ2n) is 17.5. The molecule has 0 saturated carbocycles. The van der Waals surface area contributed by atoms with Gasteiger partial charge in [0.15, 0.2) is 12.6 Å². The number of aliphatic hydroxyl groups excluding tert-OH is 4. The van der Waals surface area contributed by atoms with Crippen LogP contribution in [0, 0.1) is 23.7 Å². The third kappa shape index (κ3) is 12.4. The molecule has 3 heterocycles. The highest BCUT2D eigenvalue weighted by molar-refractivity contribution is 5.83. The first-order chi connectivity index (χ1) is 26.1. The van der Waals surface area contributed by atoms with Crippen molar-refractivity contribution in [2.24, 2.45) is 23.7 Å². The van der Waals surface area contributed by atoms with E-state index in [4.69, 9.17) is 38.6 Å². The zero-order chi connectivity index (χ0) is 44.1. The first kappa shape index (κ1) is 51.3. The molecule has 0 spiro atoms. The summed E-state index contributed by atoms with van der Waals surface area (Å²) in [5.41, 5.74) is -4.84. The Morgan fingerprint density at radius 3 is 1.98 bits per heavy atom. The second kappa shape index (κ2) is 20.6. The summed E-state index contributed by atoms with van der Waals surface area (Å²) in [5, 5.41) is 73.4. The van der Waals surface area contributed by atoms with E-state index in [2.05, 4.69) is 0 Å². The highest BCUT2D eigenvalue weighted by Gasteiger charge is 2.53. The third-order valence-corrected chi connectivity index (χ3v) is 12.2. The van der Waals surface area contributed by atoms with Gasteiger partial charge < -0.3 is 69.1 Å². The smallest absolute Gasteiger partial charge is 0.332 e. The summed E-state index contributed by atoms with van der Waals surface area (Å²) in [6.07, 6.45) is -10.9. The van der Waals surface area contributed by atoms with Gasteiger partial charge in [0.05, 0.1) is 47.6 Å². The van der Waals surface area contributed by atoms with Crippen molar-refractivity contribution in [3.05, 3.63) is 0 Å². The molecule has 0 aromatic carbocycles. The van der Waals surface area contributed by atoms with Crippen molar-refractivity contribution in [3.8, 4) is 0 Å². The first-order valence-electron chi connectivity index (χ1n) is 20.0. The number of hydrogen-bond acceptors (Lipinski definition) is 16. The Balaban J connectivity index is 0.00000173. The van der Waals surface area contributed by atoms with E-state index in [1.54, 1.807) is 41.5 Å². The van der Waals surface area contributed by atoms with Crippen LogP contribution in [0.2, 0.25) is 0 Å². The van der Waals surface area contributed by atoms with Crippen LogP contribution in [-0.2, 0) is 42.8 Å². The van der Waals surface area contributed by atoms with Crippen molar-refractivity contribution in [1.82, 2.24) is 4.90 Å². The van der Waals surface area contributed by atoms with Crippen molar-refractivity contribution in [1.29, 1.82) is 0 Å². The van der Waals surface area contributed by atoms with Gasteiger partial charge in [0.25, 0.3) is 0 Å². The van der Waals surface area contributed by atoms with Gasteiger partial charge in [0, 0.05) is 37.3 Å². The molecule has 3 aliphatic heterocycles. The summed E-state index contributed by atoms with van der Waals surface area (Å²) >= 11 is 0. The van der Waals surface area contributed by atoms with Gasteiger partial charge in [-0.25, -0.2) is 4.79 Å². The van der Waals surface area contributed by atoms with Crippen LogP contribution in [-0.4, -0.2) is 170 Å². The first-order valence-corrected chi connectivity index (χ1v) is 20.0. The van der Waals surface area contributed by atoms with Crippen LogP contribution in [0.3, 0.4) is 0 Å². The maximum absolute atomic E-state index is 14.1. The van der Waals surface area contributed by atoms with Gasteiger partial charge in [-0.2, -0.15) is 0 Å². The minimum Gasteiger partial charge on any atom is -0.479 e. The van der Waals surface area contributed by atoms with Crippen molar-refractivity contribution in [3.63, 3.8) is 0 Å². The Bertz CT molecular complexity index is 1310. The summed E-state index contributed by atoms with van der Waals surface area (Å²) in [7, 11) is 5.18. The molecule has 0 amide bonds. The number of likely N-dealkylation sites (N-methyl/N-ethyl adjacent to an activating group) is 1. The average molecular weight is 824 g/mol. The maximum Gasteiger partial charge on any atom is 0.332 e. The van der Waals surface area contributed by atoms with Gasteiger partial charge in [-0.15, -0.1) is 0 Å². The Morgan fingerprint density at radius 1 is 0.930 bits per heavy atom.